The summed E-state index contributed by atoms with van der Waals surface area (Å²) >= 11 is 6.09. The largest absolute Gasteiger partial charge is 0.490 e. The van der Waals surface area contributed by atoms with E-state index in [0.717, 1.165) is 0 Å². The molecule has 0 aliphatic carbocycles. The normalized spacial score (nSPS) is 14.9. The molecule has 8 nitrogen and oxygen atoms in total. The maximum atomic E-state index is 13.0. The van der Waals surface area contributed by atoms with E-state index in [1.807, 2.05) is 18.7 Å². The second-order valence-electron chi connectivity index (χ2n) is 7.25. The summed E-state index contributed by atoms with van der Waals surface area (Å²) in [5, 5.41) is 6.95. The van der Waals surface area contributed by atoms with Gasteiger partial charge in [-0.1, -0.05) is 16.8 Å². The third-order valence-corrected chi connectivity index (χ3v) is 4.69. The van der Waals surface area contributed by atoms with Crippen LogP contribution < -0.4 is 10.1 Å². The van der Waals surface area contributed by atoms with Crippen molar-refractivity contribution in [1.29, 1.82) is 0 Å². The van der Waals surface area contributed by atoms with Crippen LogP contribution in [0.4, 0.5) is 5.82 Å². The van der Waals surface area contributed by atoms with Crippen molar-refractivity contribution in [2.75, 3.05) is 38.0 Å². The molecule has 1 saturated heterocycles. The highest BCUT2D eigenvalue weighted by molar-refractivity contribution is 6.31. The van der Waals surface area contributed by atoms with Crippen LogP contribution in [0.3, 0.4) is 0 Å². The molecule has 3 rings (SSSR count). The summed E-state index contributed by atoms with van der Waals surface area (Å²) in [6.07, 6.45) is -0.0495. The average Bonchev–Trinajstić information content (AvgIpc) is 3.07. The SMILES string of the molecule is Cc1cc(NC(=O)CN2CCN(C(=O)c3cc(Cl)ccc3OC(C)C)CC2)no1. The number of aryl methyl sites for hydroxylation is 1. The molecule has 1 aliphatic heterocycles. The van der Waals surface area contributed by atoms with Crippen molar-refractivity contribution in [2.24, 2.45) is 0 Å². The van der Waals surface area contributed by atoms with Crippen molar-refractivity contribution >= 4 is 29.2 Å². The number of hydrogen-bond donors (Lipinski definition) is 1. The Morgan fingerprint density at radius 1 is 1.24 bits per heavy atom. The summed E-state index contributed by atoms with van der Waals surface area (Å²) < 4.78 is 10.7. The van der Waals surface area contributed by atoms with E-state index in [-0.39, 0.29) is 24.5 Å². The lowest BCUT2D eigenvalue weighted by atomic mass is 10.1. The van der Waals surface area contributed by atoms with Gasteiger partial charge in [0, 0.05) is 37.3 Å². The molecule has 0 unspecified atom stereocenters. The maximum Gasteiger partial charge on any atom is 0.257 e. The van der Waals surface area contributed by atoms with Crippen molar-refractivity contribution in [2.45, 2.75) is 26.9 Å². The molecule has 1 aliphatic rings. The Balaban J connectivity index is 1.56. The van der Waals surface area contributed by atoms with E-state index in [2.05, 4.69) is 10.5 Å². The van der Waals surface area contributed by atoms with Gasteiger partial charge in [-0.25, -0.2) is 0 Å². The highest BCUT2D eigenvalue weighted by Gasteiger charge is 2.26. The van der Waals surface area contributed by atoms with E-state index < -0.39 is 0 Å². The molecule has 156 valence electrons. The topological polar surface area (TPSA) is 87.9 Å². The number of halogens is 1. The first-order chi connectivity index (χ1) is 13.8. The van der Waals surface area contributed by atoms with E-state index in [1.54, 1.807) is 36.1 Å². The highest BCUT2D eigenvalue weighted by atomic mass is 35.5. The van der Waals surface area contributed by atoms with Crippen molar-refractivity contribution in [3.63, 3.8) is 0 Å². The van der Waals surface area contributed by atoms with E-state index in [4.69, 9.17) is 20.9 Å². The maximum absolute atomic E-state index is 13.0. The molecule has 1 N–H and O–H groups in total. The number of nitrogens with one attached hydrogen (secondary N) is 1. The van der Waals surface area contributed by atoms with Gasteiger partial charge in [0.2, 0.25) is 5.91 Å². The van der Waals surface area contributed by atoms with Crippen LogP contribution in [0.2, 0.25) is 5.02 Å². The van der Waals surface area contributed by atoms with Gasteiger partial charge in [-0.2, -0.15) is 0 Å². The van der Waals surface area contributed by atoms with E-state index in [9.17, 15) is 9.59 Å². The van der Waals surface area contributed by atoms with Crippen LogP contribution >= 0.6 is 11.6 Å². The van der Waals surface area contributed by atoms with Gasteiger partial charge in [0.05, 0.1) is 18.2 Å². The number of amides is 2. The first kappa shape index (κ1) is 21.1. The zero-order valence-corrected chi connectivity index (χ0v) is 17.5. The third-order valence-electron chi connectivity index (χ3n) is 4.46. The molecule has 9 heteroatoms. The lowest BCUT2D eigenvalue weighted by Gasteiger charge is -2.34. The molecule has 29 heavy (non-hydrogen) atoms. The van der Waals surface area contributed by atoms with E-state index in [0.29, 0.717) is 54.1 Å². The molecule has 1 fully saturated rings. The molecule has 2 aromatic rings. The summed E-state index contributed by atoms with van der Waals surface area (Å²) in [6, 6.07) is 6.74. The first-order valence-corrected chi connectivity index (χ1v) is 9.90. The van der Waals surface area contributed by atoms with Crippen LogP contribution in [-0.4, -0.2) is 65.6 Å². The number of hydrogen-bond acceptors (Lipinski definition) is 6. The Labute approximate surface area is 174 Å². The van der Waals surface area contributed by atoms with E-state index in [1.165, 1.54) is 0 Å². The molecule has 0 bridgehead atoms. The van der Waals surface area contributed by atoms with Gasteiger partial charge in [0.1, 0.15) is 11.5 Å². The summed E-state index contributed by atoms with van der Waals surface area (Å²) in [7, 11) is 0. The molecule has 0 saturated carbocycles. The molecule has 0 radical (unpaired) electrons. The van der Waals surface area contributed by atoms with E-state index >= 15 is 0 Å². The zero-order valence-electron chi connectivity index (χ0n) is 16.8. The van der Waals surface area contributed by atoms with Crippen LogP contribution in [0.1, 0.15) is 30.0 Å². The molecular weight excluding hydrogens is 396 g/mol. The molecule has 0 atom stereocenters. The summed E-state index contributed by atoms with van der Waals surface area (Å²) in [5.74, 6) is 1.28. The number of carbonyl (C=O) groups is 2. The number of anilines is 1. The Morgan fingerprint density at radius 3 is 2.59 bits per heavy atom. The minimum Gasteiger partial charge on any atom is -0.490 e. The second-order valence-corrected chi connectivity index (χ2v) is 7.68. The Kier molecular flexibility index (Phi) is 6.76. The van der Waals surface area contributed by atoms with Crippen molar-refractivity contribution in [3.8, 4) is 5.75 Å². The van der Waals surface area contributed by atoms with Crippen LogP contribution in [0.15, 0.2) is 28.8 Å². The van der Waals surface area contributed by atoms with Gasteiger partial charge in [-0.05, 0) is 39.0 Å². The highest BCUT2D eigenvalue weighted by Crippen LogP contribution is 2.26. The fraction of sp³-hybridized carbons (Fsp3) is 0.450. The van der Waals surface area contributed by atoms with Gasteiger partial charge < -0.3 is 19.5 Å². The number of rotatable bonds is 6. The average molecular weight is 421 g/mol. The van der Waals surface area contributed by atoms with Gasteiger partial charge in [-0.3, -0.25) is 14.5 Å². The molecule has 2 heterocycles. The number of aromatic nitrogens is 1. The summed E-state index contributed by atoms with van der Waals surface area (Å²) in [5.41, 5.74) is 0.457. The predicted molar refractivity (Wildman–Crippen MR) is 109 cm³/mol. The number of carbonyl (C=O) groups excluding carboxylic acids is 2. The van der Waals surface area contributed by atoms with Crippen molar-refractivity contribution in [1.82, 2.24) is 15.0 Å². The van der Waals surface area contributed by atoms with Gasteiger partial charge in [0.15, 0.2) is 5.82 Å². The van der Waals surface area contributed by atoms with Crippen molar-refractivity contribution in [3.05, 3.63) is 40.6 Å². The van der Waals surface area contributed by atoms with Crippen LogP contribution in [-0.2, 0) is 4.79 Å². The Morgan fingerprint density at radius 2 is 1.97 bits per heavy atom. The van der Waals surface area contributed by atoms with Crippen molar-refractivity contribution < 1.29 is 18.8 Å². The van der Waals surface area contributed by atoms with Crippen LogP contribution in [0.5, 0.6) is 5.75 Å². The molecule has 1 aromatic carbocycles. The number of ether oxygens (including phenoxy) is 1. The number of nitrogens with zero attached hydrogens (tertiary/aromatic N) is 3. The quantitative estimate of drug-likeness (QED) is 0.773. The molecule has 0 spiro atoms. The fourth-order valence-corrected chi connectivity index (χ4v) is 3.29. The van der Waals surface area contributed by atoms with Crippen LogP contribution in [0.25, 0.3) is 0 Å². The Hall–Kier alpha value is -2.58. The predicted octanol–water partition coefficient (Wildman–Crippen LogP) is 2.82. The summed E-state index contributed by atoms with van der Waals surface area (Å²) in [4.78, 5) is 28.9. The third kappa shape index (κ3) is 5.71. The number of benzene rings is 1. The zero-order chi connectivity index (χ0) is 21.0. The fourth-order valence-electron chi connectivity index (χ4n) is 3.12. The summed E-state index contributed by atoms with van der Waals surface area (Å²) in [6.45, 7) is 8.03. The molecular formula is C20H25ClN4O4. The number of piperazine rings is 1. The second kappa shape index (κ2) is 9.28. The van der Waals surface area contributed by atoms with Gasteiger partial charge in [0.25, 0.3) is 5.91 Å². The van der Waals surface area contributed by atoms with Gasteiger partial charge in [-0.15, -0.1) is 0 Å². The lowest BCUT2D eigenvalue weighted by Crippen LogP contribution is -2.50. The lowest BCUT2D eigenvalue weighted by molar-refractivity contribution is -0.117. The van der Waals surface area contributed by atoms with Crippen LogP contribution in [0, 0.1) is 6.92 Å². The smallest absolute Gasteiger partial charge is 0.257 e. The molecule has 2 amide bonds. The van der Waals surface area contributed by atoms with Gasteiger partial charge >= 0.3 is 0 Å². The minimum atomic E-state index is -0.166. The minimum absolute atomic E-state index is 0.0495. The standard InChI is InChI=1S/C20H25ClN4O4/c1-13(2)28-17-5-4-15(21)11-16(17)20(27)25-8-6-24(7-9-25)12-19(26)22-18-10-14(3)29-23-18/h4-5,10-11,13H,6-9,12H2,1-3H3,(H,22,23,26). The Bertz CT molecular complexity index is 875. The first-order valence-electron chi connectivity index (χ1n) is 9.53. The molecule has 1 aromatic heterocycles. The monoisotopic (exact) mass is 420 g/mol.